The van der Waals surface area contributed by atoms with Crippen LogP contribution in [-0.2, 0) is 11.2 Å². The van der Waals surface area contributed by atoms with Crippen LogP contribution in [0.3, 0.4) is 0 Å². The Morgan fingerprint density at radius 1 is 1.22 bits per heavy atom. The van der Waals surface area contributed by atoms with Crippen molar-refractivity contribution >= 4 is 0 Å². The summed E-state index contributed by atoms with van der Waals surface area (Å²) in [6, 6.07) is 0. The van der Waals surface area contributed by atoms with Crippen molar-refractivity contribution in [3.8, 4) is 0 Å². The second-order valence-electron chi connectivity index (χ2n) is 5.24. The van der Waals surface area contributed by atoms with Gasteiger partial charge in [0.1, 0.15) is 0 Å². The fraction of sp³-hybridized carbons (Fsp3) is 0.846. The normalized spacial score (nSPS) is 25.7. The van der Waals surface area contributed by atoms with E-state index in [0.29, 0.717) is 12.0 Å². The lowest BCUT2D eigenvalue weighted by Gasteiger charge is -2.18. The monoisotopic (exact) mass is 251 g/mol. The number of aryl methyl sites for hydroxylation is 1. The summed E-state index contributed by atoms with van der Waals surface area (Å²) in [5.74, 6) is 2.16. The molecular formula is C13H21N3O2. The van der Waals surface area contributed by atoms with E-state index < -0.39 is 0 Å². The van der Waals surface area contributed by atoms with Crippen LogP contribution in [0.25, 0.3) is 0 Å². The van der Waals surface area contributed by atoms with Crippen LogP contribution < -0.4 is 5.32 Å². The number of aromatic nitrogens is 2. The van der Waals surface area contributed by atoms with Gasteiger partial charge in [0.05, 0.1) is 6.10 Å². The van der Waals surface area contributed by atoms with Gasteiger partial charge in [0.15, 0.2) is 5.82 Å². The minimum atomic E-state index is 0.402. The molecule has 0 amide bonds. The minimum Gasteiger partial charge on any atom is -0.378 e. The van der Waals surface area contributed by atoms with Gasteiger partial charge in [-0.05, 0) is 45.2 Å². The van der Waals surface area contributed by atoms with Gasteiger partial charge in [-0.2, -0.15) is 4.98 Å². The molecule has 2 aliphatic heterocycles. The standard InChI is InChI=1S/C13H21N3O2/c1-2-11(17-9-1)3-4-12-15-13(16-18-12)10-5-7-14-8-6-10/h10-11,14H,1-9H2. The summed E-state index contributed by atoms with van der Waals surface area (Å²) in [6.07, 6.45) is 6.86. The van der Waals surface area contributed by atoms with Gasteiger partial charge in [0.25, 0.3) is 0 Å². The Morgan fingerprint density at radius 2 is 2.11 bits per heavy atom. The van der Waals surface area contributed by atoms with Gasteiger partial charge in [0, 0.05) is 18.9 Å². The number of nitrogens with one attached hydrogen (secondary N) is 1. The summed E-state index contributed by atoms with van der Waals surface area (Å²) in [5.41, 5.74) is 0. The minimum absolute atomic E-state index is 0.402. The van der Waals surface area contributed by atoms with E-state index in [9.17, 15) is 0 Å². The van der Waals surface area contributed by atoms with Crippen LogP contribution >= 0.6 is 0 Å². The van der Waals surface area contributed by atoms with Gasteiger partial charge >= 0.3 is 0 Å². The van der Waals surface area contributed by atoms with E-state index in [1.165, 1.54) is 12.8 Å². The molecule has 0 spiro atoms. The lowest BCUT2D eigenvalue weighted by atomic mass is 9.98. The summed E-state index contributed by atoms with van der Waals surface area (Å²) in [4.78, 5) is 4.53. The van der Waals surface area contributed by atoms with Crippen LogP contribution in [-0.4, -0.2) is 35.9 Å². The molecule has 1 unspecified atom stereocenters. The predicted molar refractivity (Wildman–Crippen MR) is 66.4 cm³/mol. The Morgan fingerprint density at radius 3 is 2.89 bits per heavy atom. The molecule has 5 nitrogen and oxygen atoms in total. The second kappa shape index (κ2) is 5.80. The largest absolute Gasteiger partial charge is 0.378 e. The van der Waals surface area contributed by atoms with Gasteiger partial charge in [-0.15, -0.1) is 0 Å². The number of nitrogens with zero attached hydrogens (tertiary/aromatic N) is 2. The molecule has 0 saturated carbocycles. The molecule has 1 aromatic heterocycles. The van der Waals surface area contributed by atoms with Gasteiger partial charge < -0.3 is 14.6 Å². The number of hydrogen-bond donors (Lipinski definition) is 1. The maximum absolute atomic E-state index is 5.60. The Balaban J connectivity index is 1.52. The van der Waals surface area contributed by atoms with E-state index in [-0.39, 0.29) is 0 Å². The third-order valence-electron chi connectivity index (χ3n) is 3.89. The molecule has 1 N–H and O–H groups in total. The molecule has 2 aliphatic rings. The zero-order valence-electron chi connectivity index (χ0n) is 10.7. The molecule has 5 heteroatoms. The maximum Gasteiger partial charge on any atom is 0.226 e. The van der Waals surface area contributed by atoms with E-state index in [1.54, 1.807) is 0 Å². The van der Waals surface area contributed by atoms with Gasteiger partial charge in [-0.25, -0.2) is 0 Å². The SMILES string of the molecule is C1COC(CCc2nc(C3CCNCC3)no2)C1. The highest BCUT2D eigenvalue weighted by Crippen LogP contribution is 2.23. The van der Waals surface area contributed by atoms with Crippen molar-refractivity contribution in [3.05, 3.63) is 11.7 Å². The first-order chi connectivity index (χ1) is 8.92. The highest BCUT2D eigenvalue weighted by Gasteiger charge is 2.21. The van der Waals surface area contributed by atoms with Crippen molar-refractivity contribution in [2.75, 3.05) is 19.7 Å². The summed E-state index contributed by atoms with van der Waals surface area (Å²) in [7, 11) is 0. The first-order valence-electron chi connectivity index (χ1n) is 7.06. The molecule has 1 aromatic rings. The van der Waals surface area contributed by atoms with Crippen LogP contribution in [0.15, 0.2) is 4.52 Å². The molecule has 100 valence electrons. The zero-order chi connectivity index (χ0) is 12.2. The average molecular weight is 251 g/mol. The summed E-state index contributed by atoms with van der Waals surface area (Å²) in [6.45, 7) is 3.03. The van der Waals surface area contributed by atoms with Crippen molar-refractivity contribution in [1.29, 1.82) is 0 Å². The second-order valence-corrected chi connectivity index (χ2v) is 5.24. The van der Waals surface area contributed by atoms with Crippen LogP contribution in [0.2, 0.25) is 0 Å². The molecule has 1 atom stereocenters. The number of rotatable bonds is 4. The molecule has 0 aliphatic carbocycles. The average Bonchev–Trinajstić information content (AvgIpc) is 3.09. The lowest BCUT2D eigenvalue weighted by molar-refractivity contribution is 0.102. The van der Waals surface area contributed by atoms with Crippen molar-refractivity contribution in [2.45, 2.75) is 50.5 Å². The molecule has 0 bridgehead atoms. The Bertz CT molecular complexity index is 368. The lowest BCUT2D eigenvalue weighted by Crippen LogP contribution is -2.27. The van der Waals surface area contributed by atoms with Crippen molar-refractivity contribution in [1.82, 2.24) is 15.5 Å². The molecular weight excluding hydrogens is 230 g/mol. The fourth-order valence-electron chi connectivity index (χ4n) is 2.77. The van der Waals surface area contributed by atoms with Gasteiger partial charge in [-0.1, -0.05) is 5.16 Å². The molecule has 3 rings (SSSR count). The quantitative estimate of drug-likeness (QED) is 0.881. The van der Waals surface area contributed by atoms with Crippen molar-refractivity contribution in [2.24, 2.45) is 0 Å². The van der Waals surface area contributed by atoms with Crippen LogP contribution in [0.1, 0.15) is 49.7 Å². The first kappa shape index (κ1) is 12.1. The Hall–Kier alpha value is -0.940. The highest BCUT2D eigenvalue weighted by atomic mass is 16.5. The first-order valence-corrected chi connectivity index (χ1v) is 7.06. The number of piperidine rings is 1. The Labute approximate surface area is 107 Å². The maximum atomic E-state index is 5.60. The van der Waals surface area contributed by atoms with Crippen molar-refractivity contribution in [3.63, 3.8) is 0 Å². The van der Waals surface area contributed by atoms with E-state index in [1.807, 2.05) is 0 Å². The van der Waals surface area contributed by atoms with Crippen LogP contribution in [0.5, 0.6) is 0 Å². The zero-order valence-corrected chi connectivity index (χ0v) is 10.7. The number of hydrogen-bond acceptors (Lipinski definition) is 5. The summed E-state index contributed by atoms with van der Waals surface area (Å²) >= 11 is 0. The third kappa shape index (κ3) is 2.90. The molecule has 0 aromatic carbocycles. The van der Waals surface area contributed by atoms with Crippen LogP contribution in [0, 0.1) is 0 Å². The summed E-state index contributed by atoms with van der Waals surface area (Å²) < 4.78 is 10.9. The van der Waals surface area contributed by atoms with Crippen LogP contribution in [0.4, 0.5) is 0 Å². The van der Waals surface area contributed by atoms with E-state index in [4.69, 9.17) is 9.26 Å². The van der Waals surface area contributed by atoms with Gasteiger partial charge in [0.2, 0.25) is 5.89 Å². The van der Waals surface area contributed by atoms with E-state index >= 15 is 0 Å². The smallest absolute Gasteiger partial charge is 0.226 e. The summed E-state index contributed by atoms with van der Waals surface area (Å²) in [5, 5.41) is 7.48. The molecule has 3 heterocycles. The molecule has 2 fully saturated rings. The molecule has 0 radical (unpaired) electrons. The van der Waals surface area contributed by atoms with E-state index in [0.717, 1.165) is 57.1 Å². The van der Waals surface area contributed by atoms with Gasteiger partial charge in [-0.3, -0.25) is 0 Å². The molecule has 2 saturated heterocycles. The molecule has 18 heavy (non-hydrogen) atoms. The predicted octanol–water partition coefficient (Wildman–Crippen LogP) is 1.65. The van der Waals surface area contributed by atoms with Crippen molar-refractivity contribution < 1.29 is 9.26 Å². The number of ether oxygens (including phenoxy) is 1. The third-order valence-corrected chi connectivity index (χ3v) is 3.89. The Kier molecular flexibility index (Phi) is 3.90. The highest BCUT2D eigenvalue weighted by molar-refractivity contribution is 4.97. The van der Waals surface area contributed by atoms with E-state index in [2.05, 4.69) is 15.5 Å². The topological polar surface area (TPSA) is 60.2 Å². The fourth-order valence-corrected chi connectivity index (χ4v) is 2.77.